The number of hydrogen-bond acceptors (Lipinski definition) is 3. The van der Waals surface area contributed by atoms with Gasteiger partial charge in [-0.25, -0.2) is 4.39 Å². The first-order chi connectivity index (χ1) is 9.47. The largest absolute Gasteiger partial charge is 0.489 e. The molecule has 0 spiro atoms. The van der Waals surface area contributed by atoms with Crippen LogP contribution >= 0.6 is 15.9 Å². The van der Waals surface area contributed by atoms with Gasteiger partial charge in [0, 0.05) is 6.07 Å². The number of nitrogens with two attached hydrogens (primary N) is 1. The summed E-state index contributed by atoms with van der Waals surface area (Å²) in [5.74, 6) is 0.967. The quantitative estimate of drug-likeness (QED) is 0.817. The molecule has 2 rings (SSSR count). The third-order valence-corrected chi connectivity index (χ3v) is 3.15. The molecule has 20 heavy (non-hydrogen) atoms. The number of rotatable bonds is 4. The van der Waals surface area contributed by atoms with Crippen LogP contribution in [-0.2, 0) is 0 Å². The Kier molecular flexibility index (Phi) is 4.49. The number of ether oxygens (including phenoxy) is 2. The summed E-state index contributed by atoms with van der Waals surface area (Å²) in [6.45, 7) is 3.83. The Labute approximate surface area is 125 Å². The molecule has 2 aromatic carbocycles. The minimum absolute atomic E-state index is 0.0117. The van der Waals surface area contributed by atoms with Crippen LogP contribution in [0.3, 0.4) is 0 Å². The zero-order valence-corrected chi connectivity index (χ0v) is 12.8. The first-order valence-corrected chi connectivity index (χ1v) is 6.94. The summed E-state index contributed by atoms with van der Waals surface area (Å²) in [6, 6.07) is 9.78. The zero-order chi connectivity index (χ0) is 14.7. The first kappa shape index (κ1) is 14.7. The topological polar surface area (TPSA) is 44.5 Å². The van der Waals surface area contributed by atoms with Gasteiger partial charge < -0.3 is 15.2 Å². The summed E-state index contributed by atoms with van der Waals surface area (Å²) in [7, 11) is 0. The molecule has 0 saturated heterocycles. The number of para-hydroxylation sites is 1. The second kappa shape index (κ2) is 6.13. The monoisotopic (exact) mass is 339 g/mol. The van der Waals surface area contributed by atoms with E-state index >= 15 is 0 Å². The van der Waals surface area contributed by atoms with Crippen LogP contribution in [0, 0.1) is 5.82 Å². The molecule has 0 aliphatic heterocycles. The number of halogens is 2. The number of hydrogen-bond donors (Lipinski definition) is 1. The molecule has 2 N–H and O–H groups in total. The van der Waals surface area contributed by atoms with Crippen LogP contribution in [0.4, 0.5) is 10.1 Å². The molecule has 0 atom stereocenters. The SMILES string of the molecule is CC(C)Oc1cccc(Oc2ccc(Br)c(F)c2)c1N. The molecule has 0 fully saturated rings. The van der Waals surface area contributed by atoms with Gasteiger partial charge in [0.25, 0.3) is 0 Å². The first-order valence-electron chi connectivity index (χ1n) is 6.15. The van der Waals surface area contributed by atoms with E-state index in [-0.39, 0.29) is 6.10 Å². The molecule has 3 nitrogen and oxygen atoms in total. The molecule has 106 valence electrons. The van der Waals surface area contributed by atoms with E-state index in [4.69, 9.17) is 15.2 Å². The van der Waals surface area contributed by atoms with Crippen LogP contribution in [0.25, 0.3) is 0 Å². The summed E-state index contributed by atoms with van der Waals surface area (Å²) in [4.78, 5) is 0. The Hall–Kier alpha value is -1.75. The van der Waals surface area contributed by atoms with Crippen LogP contribution in [0.1, 0.15) is 13.8 Å². The highest BCUT2D eigenvalue weighted by molar-refractivity contribution is 9.10. The molecular formula is C15H15BrFNO2. The standard InChI is InChI=1S/C15H15BrFNO2/c1-9(2)19-13-4-3-5-14(15(13)18)20-10-6-7-11(16)12(17)8-10/h3-9H,18H2,1-2H3. The lowest BCUT2D eigenvalue weighted by molar-refractivity contribution is 0.243. The van der Waals surface area contributed by atoms with E-state index in [1.807, 2.05) is 13.8 Å². The van der Waals surface area contributed by atoms with Crippen molar-refractivity contribution in [3.63, 3.8) is 0 Å². The Bertz CT molecular complexity index is 617. The van der Waals surface area contributed by atoms with Gasteiger partial charge in [0.05, 0.1) is 10.6 Å². The van der Waals surface area contributed by atoms with Gasteiger partial charge in [-0.3, -0.25) is 0 Å². The normalized spacial score (nSPS) is 10.7. The maximum absolute atomic E-state index is 13.5. The van der Waals surface area contributed by atoms with Gasteiger partial charge in [-0.1, -0.05) is 6.07 Å². The minimum atomic E-state index is -0.393. The van der Waals surface area contributed by atoms with Crippen LogP contribution in [-0.4, -0.2) is 6.10 Å². The molecule has 0 bridgehead atoms. The fraction of sp³-hybridized carbons (Fsp3) is 0.200. The lowest BCUT2D eigenvalue weighted by Crippen LogP contribution is -2.07. The Morgan fingerprint density at radius 1 is 1.15 bits per heavy atom. The summed E-state index contributed by atoms with van der Waals surface area (Å²) >= 11 is 3.09. The fourth-order valence-electron chi connectivity index (χ4n) is 1.64. The van der Waals surface area contributed by atoms with E-state index in [0.29, 0.717) is 27.4 Å². The van der Waals surface area contributed by atoms with E-state index in [1.54, 1.807) is 30.3 Å². The highest BCUT2D eigenvalue weighted by Crippen LogP contribution is 2.35. The summed E-state index contributed by atoms with van der Waals surface area (Å²) in [5, 5.41) is 0. The maximum Gasteiger partial charge on any atom is 0.154 e. The molecule has 0 amide bonds. The predicted octanol–water partition coefficient (Wildman–Crippen LogP) is 4.75. The van der Waals surface area contributed by atoms with Crippen molar-refractivity contribution >= 4 is 21.6 Å². The van der Waals surface area contributed by atoms with Crippen molar-refractivity contribution in [2.75, 3.05) is 5.73 Å². The number of anilines is 1. The van der Waals surface area contributed by atoms with Crippen LogP contribution < -0.4 is 15.2 Å². The van der Waals surface area contributed by atoms with Gasteiger partial charge in [0.1, 0.15) is 23.0 Å². The lowest BCUT2D eigenvalue weighted by Gasteiger charge is -2.15. The van der Waals surface area contributed by atoms with Gasteiger partial charge in [-0.05, 0) is 54.0 Å². The Balaban J connectivity index is 2.27. The van der Waals surface area contributed by atoms with Gasteiger partial charge in [0.15, 0.2) is 5.75 Å². The molecular weight excluding hydrogens is 325 g/mol. The van der Waals surface area contributed by atoms with E-state index in [1.165, 1.54) is 6.07 Å². The predicted molar refractivity (Wildman–Crippen MR) is 80.8 cm³/mol. The van der Waals surface area contributed by atoms with Crippen molar-refractivity contribution < 1.29 is 13.9 Å². The third-order valence-electron chi connectivity index (χ3n) is 2.51. The van der Waals surface area contributed by atoms with Crippen LogP contribution in [0.15, 0.2) is 40.9 Å². The van der Waals surface area contributed by atoms with E-state index < -0.39 is 5.82 Å². The van der Waals surface area contributed by atoms with Crippen molar-refractivity contribution in [3.05, 3.63) is 46.7 Å². The Morgan fingerprint density at radius 3 is 2.50 bits per heavy atom. The fourth-order valence-corrected chi connectivity index (χ4v) is 1.88. The molecule has 5 heteroatoms. The molecule has 0 aliphatic rings. The number of benzene rings is 2. The van der Waals surface area contributed by atoms with Crippen LogP contribution in [0.2, 0.25) is 0 Å². The zero-order valence-electron chi connectivity index (χ0n) is 11.2. The van der Waals surface area contributed by atoms with E-state index in [2.05, 4.69) is 15.9 Å². The van der Waals surface area contributed by atoms with Gasteiger partial charge >= 0.3 is 0 Å². The summed E-state index contributed by atoms with van der Waals surface area (Å²) in [6.07, 6.45) is 0.0117. The maximum atomic E-state index is 13.5. The molecule has 0 aliphatic carbocycles. The van der Waals surface area contributed by atoms with Gasteiger partial charge in [-0.2, -0.15) is 0 Å². The van der Waals surface area contributed by atoms with Crippen LogP contribution in [0.5, 0.6) is 17.2 Å². The molecule has 0 saturated carbocycles. The highest BCUT2D eigenvalue weighted by Gasteiger charge is 2.10. The van der Waals surface area contributed by atoms with E-state index in [0.717, 1.165) is 0 Å². The van der Waals surface area contributed by atoms with Gasteiger partial charge in [0.2, 0.25) is 0 Å². The second-order valence-corrected chi connectivity index (χ2v) is 5.37. The molecule has 0 radical (unpaired) electrons. The van der Waals surface area contributed by atoms with Crippen molar-refractivity contribution in [1.29, 1.82) is 0 Å². The van der Waals surface area contributed by atoms with Gasteiger partial charge in [-0.15, -0.1) is 0 Å². The van der Waals surface area contributed by atoms with Crippen molar-refractivity contribution in [2.45, 2.75) is 20.0 Å². The average molecular weight is 340 g/mol. The summed E-state index contributed by atoms with van der Waals surface area (Å²) in [5.41, 5.74) is 6.39. The van der Waals surface area contributed by atoms with Crippen molar-refractivity contribution in [2.24, 2.45) is 0 Å². The molecule has 0 aromatic heterocycles. The average Bonchev–Trinajstić information content (AvgIpc) is 2.38. The third kappa shape index (κ3) is 3.42. The number of nitrogen functional groups attached to an aromatic ring is 1. The molecule has 2 aromatic rings. The minimum Gasteiger partial charge on any atom is -0.489 e. The summed E-state index contributed by atoms with van der Waals surface area (Å²) < 4.78 is 25.0. The Morgan fingerprint density at radius 2 is 1.85 bits per heavy atom. The molecule has 0 heterocycles. The second-order valence-electron chi connectivity index (χ2n) is 4.51. The molecule has 0 unspecified atom stereocenters. The smallest absolute Gasteiger partial charge is 0.154 e. The lowest BCUT2D eigenvalue weighted by atomic mass is 10.2. The van der Waals surface area contributed by atoms with Crippen molar-refractivity contribution in [3.8, 4) is 17.2 Å². The highest BCUT2D eigenvalue weighted by atomic mass is 79.9. The van der Waals surface area contributed by atoms with Crippen molar-refractivity contribution in [1.82, 2.24) is 0 Å². The van der Waals surface area contributed by atoms with E-state index in [9.17, 15) is 4.39 Å².